The molecule has 0 bridgehead atoms. The summed E-state index contributed by atoms with van der Waals surface area (Å²) in [5.74, 6) is 0. The molecule has 0 aliphatic rings. The van der Waals surface area contributed by atoms with Crippen LogP contribution in [0.1, 0.15) is 29.2 Å². The summed E-state index contributed by atoms with van der Waals surface area (Å²) >= 11 is 0. The Labute approximate surface area is 122 Å². The molecule has 106 valence electrons. The number of nitrogens with zero attached hydrogens (tertiary/aromatic N) is 2. The van der Waals surface area contributed by atoms with Gasteiger partial charge in [0, 0.05) is 25.5 Å². The molecule has 0 aliphatic heterocycles. The normalized spacial score (nSPS) is 11.0. The summed E-state index contributed by atoms with van der Waals surface area (Å²) in [4.78, 5) is 6.57. The van der Waals surface area contributed by atoms with E-state index in [4.69, 9.17) is 0 Å². The van der Waals surface area contributed by atoms with Gasteiger partial charge in [0.2, 0.25) is 0 Å². The molecular formula is C18H24N2. The van der Waals surface area contributed by atoms with Gasteiger partial charge >= 0.3 is 0 Å². The van der Waals surface area contributed by atoms with Gasteiger partial charge in [-0.25, -0.2) is 0 Å². The molecule has 2 aromatic rings. The van der Waals surface area contributed by atoms with Crippen molar-refractivity contribution in [3.63, 3.8) is 0 Å². The van der Waals surface area contributed by atoms with Gasteiger partial charge in [-0.3, -0.25) is 4.98 Å². The molecule has 0 atom stereocenters. The van der Waals surface area contributed by atoms with E-state index in [1.165, 1.54) is 22.3 Å². The molecular weight excluding hydrogens is 244 g/mol. The second-order valence-corrected chi connectivity index (χ2v) is 5.46. The number of pyridine rings is 1. The van der Waals surface area contributed by atoms with Crippen molar-refractivity contribution in [3.8, 4) is 0 Å². The van der Waals surface area contributed by atoms with Crippen molar-refractivity contribution in [2.45, 2.75) is 33.2 Å². The number of likely N-dealkylation sites (N-methyl/N-ethyl adjacent to an activating group) is 1. The van der Waals surface area contributed by atoms with Crippen molar-refractivity contribution in [1.29, 1.82) is 0 Å². The first-order valence-corrected chi connectivity index (χ1v) is 7.35. The third-order valence-corrected chi connectivity index (χ3v) is 3.80. The number of benzene rings is 1. The Morgan fingerprint density at radius 2 is 1.75 bits per heavy atom. The number of hydrogen-bond acceptors (Lipinski definition) is 2. The maximum Gasteiger partial charge on any atom is 0.0315 e. The van der Waals surface area contributed by atoms with Gasteiger partial charge in [0.15, 0.2) is 0 Å². The highest BCUT2D eigenvalue weighted by Crippen LogP contribution is 2.10. The Hall–Kier alpha value is -1.67. The van der Waals surface area contributed by atoms with Crippen molar-refractivity contribution in [2.24, 2.45) is 0 Å². The largest absolute Gasteiger partial charge is 0.302 e. The molecule has 0 saturated carbocycles. The number of aromatic nitrogens is 1. The van der Waals surface area contributed by atoms with Gasteiger partial charge in [-0.05, 0) is 55.1 Å². The molecule has 1 aromatic carbocycles. The van der Waals surface area contributed by atoms with Crippen molar-refractivity contribution >= 4 is 0 Å². The fourth-order valence-corrected chi connectivity index (χ4v) is 2.29. The predicted molar refractivity (Wildman–Crippen MR) is 84.8 cm³/mol. The molecule has 0 spiro atoms. The Kier molecular flexibility index (Phi) is 5.31. The van der Waals surface area contributed by atoms with Gasteiger partial charge in [0.25, 0.3) is 0 Å². The van der Waals surface area contributed by atoms with Crippen molar-refractivity contribution in [2.75, 3.05) is 13.6 Å². The second kappa shape index (κ2) is 7.20. The Morgan fingerprint density at radius 1 is 1.05 bits per heavy atom. The zero-order chi connectivity index (χ0) is 14.4. The average molecular weight is 268 g/mol. The van der Waals surface area contributed by atoms with Gasteiger partial charge in [-0.1, -0.05) is 31.2 Å². The van der Waals surface area contributed by atoms with Crippen LogP contribution in [0.15, 0.2) is 42.7 Å². The van der Waals surface area contributed by atoms with Gasteiger partial charge in [-0.2, -0.15) is 0 Å². The topological polar surface area (TPSA) is 16.1 Å². The first-order chi connectivity index (χ1) is 9.69. The van der Waals surface area contributed by atoms with E-state index >= 15 is 0 Å². The van der Waals surface area contributed by atoms with Crippen molar-refractivity contribution in [1.82, 2.24) is 9.88 Å². The zero-order valence-electron chi connectivity index (χ0n) is 12.8. The van der Waals surface area contributed by atoms with Crippen LogP contribution in [0.5, 0.6) is 0 Å². The highest BCUT2D eigenvalue weighted by molar-refractivity contribution is 5.23. The van der Waals surface area contributed by atoms with Crippen LogP contribution in [0.3, 0.4) is 0 Å². The smallest absolute Gasteiger partial charge is 0.0315 e. The van der Waals surface area contributed by atoms with E-state index in [2.05, 4.69) is 61.1 Å². The van der Waals surface area contributed by atoms with Crippen LogP contribution in [0.25, 0.3) is 0 Å². The summed E-state index contributed by atoms with van der Waals surface area (Å²) in [5, 5.41) is 0. The van der Waals surface area contributed by atoms with E-state index in [0.29, 0.717) is 0 Å². The summed E-state index contributed by atoms with van der Waals surface area (Å²) in [6.07, 6.45) is 6.04. The molecule has 2 rings (SSSR count). The minimum atomic E-state index is 0.965. The van der Waals surface area contributed by atoms with Gasteiger partial charge in [-0.15, -0.1) is 0 Å². The molecule has 0 radical (unpaired) electrons. The maximum atomic E-state index is 4.21. The SMILES string of the molecule is CCc1ccc(CCN(C)Cc2cnccc2C)cc1. The number of rotatable bonds is 6. The van der Waals surface area contributed by atoms with E-state index < -0.39 is 0 Å². The molecule has 0 amide bonds. The Morgan fingerprint density at radius 3 is 2.40 bits per heavy atom. The van der Waals surface area contributed by atoms with Crippen molar-refractivity contribution in [3.05, 3.63) is 65.0 Å². The van der Waals surface area contributed by atoms with Crippen LogP contribution in [0.4, 0.5) is 0 Å². The van der Waals surface area contributed by atoms with Gasteiger partial charge < -0.3 is 4.90 Å². The van der Waals surface area contributed by atoms with E-state index in [0.717, 1.165) is 25.9 Å². The Balaban J connectivity index is 1.85. The summed E-state index contributed by atoms with van der Waals surface area (Å²) in [6.45, 7) is 6.37. The van der Waals surface area contributed by atoms with Crippen LogP contribution < -0.4 is 0 Å². The lowest BCUT2D eigenvalue weighted by Gasteiger charge is -2.17. The van der Waals surface area contributed by atoms with Crippen LogP contribution in [0, 0.1) is 6.92 Å². The quantitative estimate of drug-likeness (QED) is 0.795. The van der Waals surface area contributed by atoms with Gasteiger partial charge in [0.1, 0.15) is 0 Å². The number of hydrogen-bond donors (Lipinski definition) is 0. The molecule has 0 aliphatic carbocycles. The standard InChI is InChI=1S/C18H24N2/c1-4-16-5-7-17(8-6-16)10-12-20(3)14-18-13-19-11-9-15(18)2/h5-9,11,13H,4,10,12,14H2,1-3H3. The monoisotopic (exact) mass is 268 g/mol. The van der Waals surface area contributed by atoms with E-state index in [1.807, 2.05) is 12.4 Å². The summed E-state index contributed by atoms with van der Waals surface area (Å²) in [6, 6.07) is 11.1. The predicted octanol–water partition coefficient (Wildman–Crippen LogP) is 3.63. The third kappa shape index (κ3) is 4.17. The lowest BCUT2D eigenvalue weighted by Crippen LogP contribution is -2.21. The van der Waals surface area contributed by atoms with E-state index in [-0.39, 0.29) is 0 Å². The molecule has 1 aromatic heterocycles. The van der Waals surface area contributed by atoms with Gasteiger partial charge in [0.05, 0.1) is 0 Å². The lowest BCUT2D eigenvalue weighted by molar-refractivity contribution is 0.330. The molecule has 20 heavy (non-hydrogen) atoms. The van der Waals surface area contributed by atoms with Crippen LogP contribution in [-0.2, 0) is 19.4 Å². The average Bonchev–Trinajstić information content (AvgIpc) is 2.48. The summed E-state index contributed by atoms with van der Waals surface area (Å²) < 4.78 is 0. The third-order valence-electron chi connectivity index (χ3n) is 3.80. The van der Waals surface area contributed by atoms with E-state index in [1.54, 1.807) is 0 Å². The maximum absolute atomic E-state index is 4.21. The molecule has 1 heterocycles. The van der Waals surface area contributed by atoms with Crippen LogP contribution in [-0.4, -0.2) is 23.5 Å². The summed E-state index contributed by atoms with van der Waals surface area (Å²) in [7, 11) is 2.17. The van der Waals surface area contributed by atoms with Crippen molar-refractivity contribution < 1.29 is 0 Å². The van der Waals surface area contributed by atoms with E-state index in [9.17, 15) is 0 Å². The zero-order valence-corrected chi connectivity index (χ0v) is 12.8. The minimum Gasteiger partial charge on any atom is -0.302 e. The molecule has 0 saturated heterocycles. The molecule has 0 unspecified atom stereocenters. The first-order valence-electron chi connectivity index (χ1n) is 7.35. The highest BCUT2D eigenvalue weighted by atomic mass is 15.1. The minimum absolute atomic E-state index is 0.965. The molecule has 0 N–H and O–H groups in total. The molecule has 2 nitrogen and oxygen atoms in total. The lowest BCUT2D eigenvalue weighted by atomic mass is 10.1. The highest BCUT2D eigenvalue weighted by Gasteiger charge is 2.03. The van der Waals surface area contributed by atoms with Crippen LogP contribution in [0.2, 0.25) is 0 Å². The first kappa shape index (κ1) is 14.7. The fourth-order valence-electron chi connectivity index (χ4n) is 2.29. The molecule has 0 fully saturated rings. The summed E-state index contributed by atoms with van der Waals surface area (Å²) in [5.41, 5.74) is 5.46. The van der Waals surface area contributed by atoms with Crippen LogP contribution >= 0.6 is 0 Å². The fraction of sp³-hybridized carbons (Fsp3) is 0.389. The number of aryl methyl sites for hydroxylation is 2. The molecule has 2 heteroatoms. The Bertz CT molecular complexity index is 531. The second-order valence-electron chi connectivity index (χ2n) is 5.46.